The Morgan fingerprint density at radius 2 is 1.57 bits per heavy atom. The van der Waals surface area contributed by atoms with Gasteiger partial charge in [0.1, 0.15) is 0 Å². The van der Waals surface area contributed by atoms with Crippen LogP contribution in [0.25, 0.3) is 39.4 Å². The van der Waals surface area contributed by atoms with E-state index in [1.165, 1.54) is 0 Å². The number of nitrogens with zero attached hydrogens (tertiary/aromatic N) is 2. The van der Waals surface area contributed by atoms with Crippen LogP contribution in [0, 0.1) is 0 Å². The zero-order valence-corrected chi connectivity index (χ0v) is 26.6. The number of anilines is 1. The highest BCUT2D eigenvalue weighted by Gasteiger charge is 2.28. The van der Waals surface area contributed by atoms with Crippen LogP contribution in [0.15, 0.2) is 119 Å². The van der Waals surface area contributed by atoms with Crippen molar-refractivity contribution in [1.29, 1.82) is 0 Å². The van der Waals surface area contributed by atoms with Gasteiger partial charge >= 0.3 is 5.89 Å². The SMILES string of the molecule is CCC(/C=C1\Oc2ccc(-c3ccccc3)cc2N1CCS(=O)(=O)[O-])=C\c1oc2ccc(-c3ccccc3)cc2[n+]1CCS(=O)[O-]. The Morgan fingerprint density at radius 3 is 2.20 bits per heavy atom. The van der Waals surface area contributed by atoms with Crippen LogP contribution in [0.3, 0.4) is 0 Å². The van der Waals surface area contributed by atoms with Gasteiger partial charge in [-0.2, -0.15) is 4.57 Å². The molecule has 1 atom stereocenters. The first-order chi connectivity index (χ1) is 22.2. The molecule has 2 heterocycles. The molecule has 0 aliphatic carbocycles. The van der Waals surface area contributed by atoms with Crippen molar-refractivity contribution in [3.63, 3.8) is 0 Å². The van der Waals surface area contributed by atoms with E-state index in [2.05, 4.69) is 0 Å². The molecule has 0 saturated carbocycles. The van der Waals surface area contributed by atoms with Crippen molar-refractivity contribution in [3.8, 4) is 28.0 Å². The van der Waals surface area contributed by atoms with Gasteiger partial charge in [0.15, 0.2) is 12.3 Å². The third-order valence-electron chi connectivity index (χ3n) is 7.75. The van der Waals surface area contributed by atoms with Gasteiger partial charge in [0.25, 0.3) is 5.52 Å². The maximum Gasteiger partial charge on any atom is 0.374 e. The van der Waals surface area contributed by atoms with E-state index in [9.17, 15) is 21.7 Å². The molecule has 1 aliphatic heterocycles. The molecule has 5 aromatic rings. The van der Waals surface area contributed by atoms with E-state index < -0.39 is 27.0 Å². The molecule has 6 rings (SSSR count). The number of ether oxygens (including phenoxy) is 1. The first-order valence-electron chi connectivity index (χ1n) is 14.8. The maximum atomic E-state index is 11.6. The monoisotopic (exact) mass is 655 g/mol. The minimum atomic E-state index is -4.50. The second kappa shape index (κ2) is 13.4. The molecule has 11 heteroatoms. The average molecular weight is 656 g/mol. The molecule has 4 aromatic carbocycles. The van der Waals surface area contributed by atoms with Crippen LogP contribution in [-0.4, -0.2) is 39.8 Å². The zero-order chi connectivity index (χ0) is 32.3. The summed E-state index contributed by atoms with van der Waals surface area (Å²) in [7, 11) is -4.50. The number of fused-ring (bicyclic) bond motifs is 2. The molecule has 236 valence electrons. The van der Waals surface area contributed by atoms with Crippen LogP contribution in [0.4, 0.5) is 5.69 Å². The summed E-state index contributed by atoms with van der Waals surface area (Å²) in [6, 6.07) is 31.1. The van der Waals surface area contributed by atoms with E-state index in [-0.39, 0.29) is 18.8 Å². The molecule has 46 heavy (non-hydrogen) atoms. The molecule has 0 fully saturated rings. The summed E-state index contributed by atoms with van der Waals surface area (Å²) in [6.07, 6.45) is 4.16. The summed E-state index contributed by atoms with van der Waals surface area (Å²) in [6.45, 7) is 2.04. The van der Waals surface area contributed by atoms with Gasteiger partial charge in [-0.15, -0.1) is 0 Å². The van der Waals surface area contributed by atoms with Crippen LogP contribution in [-0.2, 0) is 27.7 Å². The third kappa shape index (κ3) is 7.13. The Labute approximate surface area is 270 Å². The first-order valence-corrected chi connectivity index (χ1v) is 17.6. The Balaban J connectivity index is 1.41. The molecule has 1 aliphatic rings. The minimum absolute atomic E-state index is 0.0951. The number of rotatable bonds is 11. The number of oxazole rings is 1. The predicted octanol–water partition coefficient (Wildman–Crippen LogP) is 6.01. The molecule has 0 spiro atoms. The van der Waals surface area contributed by atoms with Gasteiger partial charge in [-0.25, -0.2) is 8.42 Å². The lowest BCUT2D eigenvalue weighted by atomic mass is 10.0. The van der Waals surface area contributed by atoms with E-state index >= 15 is 0 Å². The minimum Gasteiger partial charge on any atom is -0.772 e. The van der Waals surface area contributed by atoms with E-state index in [1.807, 2.05) is 115 Å². The van der Waals surface area contributed by atoms with Crippen molar-refractivity contribution in [2.24, 2.45) is 0 Å². The molecule has 0 bridgehead atoms. The fourth-order valence-corrected chi connectivity index (χ4v) is 6.17. The summed E-state index contributed by atoms with van der Waals surface area (Å²) in [5.41, 5.74) is 6.67. The van der Waals surface area contributed by atoms with Gasteiger partial charge in [0.05, 0.1) is 33.4 Å². The van der Waals surface area contributed by atoms with Crippen LogP contribution in [0.1, 0.15) is 19.2 Å². The zero-order valence-electron chi connectivity index (χ0n) is 25.0. The van der Waals surface area contributed by atoms with Gasteiger partial charge in [-0.1, -0.05) is 79.7 Å². The average Bonchev–Trinajstić information content (AvgIpc) is 3.58. The van der Waals surface area contributed by atoms with Crippen LogP contribution >= 0.6 is 0 Å². The molecule has 0 saturated heterocycles. The van der Waals surface area contributed by atoms with E-state index in [0.29, 0.717) is 35.2 Å². The lowest BCUT2D eigenvalue weighted by molar-refractivity contribution is -0.673. The second-order valence-electron chi connectivity index (χ2n) is 10.8. The molecule has 0 amide bonds. The van der Waals surface area contributed by atoms with Gasteiger partial charge < -0.3 is 23.2 Å². The van der Waals surface area contributed by atoms with Crippen molar-refractivity contribution in [3.05, 3.63) is 120 Å². The Kier molecular flexibility index (Phi) is 9.18. The Morgan fingerprint density at radius 1 is 0.913 bits per heavy atom. The van der Waals surface area contributed by atoms with Crippen molar-refractivity contribution >= 4 is 44.1 Å². The van der Waals surface area contributed by atoms with Crippen molar-refractivity contribution < 1.29 is 35.5 Å². The summed E-state index contributed by atoms with van der Waals surface area (Å²) >= 11 is -2.26. The lowest BCUT2D eigenvalue weighted by Gasteiger charge is -2.20. The summed E-state index contributed by atoms with van der Waals surface area (Å²) < 4.78 is 72.4. The molecular formula is C35H31N2O7S2-. The topological polar surface area (TPSA) is 127 Å². The summed E-state index contributed by atoms with van der Waals surface area (Å²) in [5.74, 6) is 0.655. The summed E-state index contributed by atoms with van der Waals surface area (Å²) in [4.78, 5) is 1.69. The molecule has 0 radical (unpaired) electrons. The van der Waals surface area contributed by atoms with Gasteiger partial charge in [-0.3, -0.25) is 4.21 Å². The second-order valence-corrected chi connectivity index (χ2v) is 13.3. The number of aryl methyl sites for hydroxylation is 1. The number of allylic oxidation sites excluding steroid dienone is 2. The highest BCUT2D eigenvalue weighted by Crippen LogP contribution is 2.42. The number of benzene rings is 4. The van der Waals surface area contributed by atoms with Crippen LogP contribution < -0.4 is 14.2 Å². The standard InChI is InChI=1S/C35H32N2O7S2/c1-2-25(21-34-36(17-19-45(38)39)30-23-28(13-15-32(30)43-34)26-9-5-3-6-10-26)22-35-37(18-20-46(40,41)42)31-24-29(14-16-33(31)44-35)27-11-7-4-8-12-27/h3-16,21-24H,2,17-20H2,1H3,(H-,38,39,40,41,42)/p-1. The fourth-order valence-electron chi connectivity index (χ4n) is 5.43. The van der Waals surface area contributed by atoms with E-state index in [0.717, 1.165) is 33.3 Å². The van der Waals surface area contributed by atoms with Gasteiger partial charge in [-0.05, 0) is 63.5 Å². The van der Waals surface area contributed by atoms with Crippen molar-refractivity contribution in [2.75, 3.05) is 23.0 Å². The molecule has 0 N–H and O–H groups in total. The van der Waals surface area contributed by atoms with Gasteiger partial charge in [0.2, 0.25) is 11.5 Å². The van der Waals surface area contributed by atoms with Crippen molar-refractivity contribution in [1.82, 2.24) is 0 Å². The summed E-state index contributed by atoms with van der Waals surface area (Å²) in [5, 5.41) is 0. The van der Waals surface area contributed by atoms with Crippen molar-refractivity contribution in [2.45, 2.75) is 19.9 Å². The van der Waals surface area contributed by atoms with Crippen LogP contribution in [0.5, 0.6) is 5.75 Å². The molecule has 9 nitrogen and oxygen atoms in total. The highest BCUT2D eigenvalue weighted by molar-refractivity contribution is 7.85. The number of hydrogen-bond acceptors (Lipinski definition) is 8. The molecule has 1 aromatic heterocycles. The smallest absolute Gasteiger partial charge is 0.374 e. The highest BCUT2D eigenvalue weighted by atomic mass is 32.2. The number of hydrogen-bond donors (Lipinski definition) is 0. The first kappa shape index (κ1) is 31.4. The number of aromatic nitrogens is 1. The quantitative estimate of drug-likeness (QED) is 0.0962. The maximum absolute atomic E-state index is 11.6. The largest absolute Gasteiger partial charge is 0.772 e. The molecule has 1 unspecified atom stereocenters. The van der Waals surface area contributed by atoms with Gasteiger partial charge in [0, 0.05) is 18.7 Å². The Bertz CT molecular complexity index is 2070. The third-order valence-corrected chi connectivity index (χ3v) is 8.95. The predicted molar refractivity (Wildman–Crippen MR) is 176 cm³/mol. The molecular weight excluding hydrogens is 625 g/mol. The lowest BCUT2D eigenvalue weighted by Crippen LogP contribution is -2.38. The van der Waals surface area contributed by atoms with E-state index in [1.54, 1.807) is 11.0 Å². The Hall–Kier alpha value is -4.55. The fraction of sp³-hybridized carbons (Fsp3) is 0.171. The van der Waals surface area contributed by atoms with E-state index in [4.69, 9.17) is 9.15 Å². The van der Waals surface area contributed by atoms with Crippen LogP contribution in [0.2, 0.25) is 0 Å². The normalized spacial score (nSPS) is 14.9.